The molecule has 3 aromatic carbocycles. The predicted octanol–water partition coefficient (Wildman–Crippen LogP) is 5.90. The molecule has 0 aliphatic rings. The van der Waals surface area contributed by atoms with E-state index in [0.717, 1.165) is 16.2 Å². The SMILES string of the molecule is O=C(C=Cc1ccc(Cl)cc1Cl)Nc1cc2c(ccc3ccccc32)oc1=O. The molecule has 1 heterocycles. The maximum Gasteiger partial charge on any atom is 0.360 e. The Balaban J connectivity index is 1.66. The van der Waals surface area contributed by atoms with Gasteiger partial charge in [-0.05, 0) is 46.7 Å². The Morgan fingerprint density at radius 3 is 2.61 bits per heavy atom. The molecule has 0 aliphatic heterocycles. The average Bonchev–Trinajstić information content (AvgIpc) is 2.68. The first-order valence-corrected chi connectivity index (χ1v) is 9.16. The largest absolute Gasteiger partial charge is 0.421 e. The van der Waals surface area contributed by atoms with Gasteiger partial charge in [0.1, 0.15) is 11.3 Å². The first-order chi connectivity index (χ1) is 13.5. The van der Waals surface area contributed by atoms with Gasteiger partial charge in [0.15, 0.2) is 0 Å². The highest BCUT2D eigenvalue weighted by Crippen LogP contribution is 2.26. The zero-order valence-corrected chi connectivity index (χ0v) is 15.9. The van der Waals surface area contributed by atoms with Gasteiger partial charge in [-0.3, -0.25) is 4.79 Å². The van der Waals surface area contributed by atoms with Gasteiger partial charge >= 0.3 is 5.63 Å². The third-order valence-corrected chi connectivity index (χ3v) is 4.84. The van der Waals surface area contributed by atoms with Crippen molar-refractivity contribution in [2.24, 2.45) is 0 Å². The van der Waals surface area contributed by atoms with Crippen LogP contribution in [-0.4, -0.2) is 5.91 Å². The third kappa shape index (κ3) is 3.65. The maximum atomic E-state index is 12.3. The van der Waals surface area contributed by atoms with E-state index in [2.05, 4.69) is 5.32 Å². The first kappa shape index (κ1) is 18.3. The van der Waals surface area contributed by atoms with E-state index in [9.17, 15) is 9.59 Å². The number of carbonyl (C=O) groups excluding carboxylic acids is 1. The zero-order valence-electron chi connectivity index (χ0n) is 14.4. The Kier molecular flexibility index (Phi) is 4.90. The van der Waals surface area contributed by atoms with Crippen LogP contribution in [0, 0.1) is 0 Å². The van der Waals surface area contributed by atoms with Gasteiger partial charge in [-0.2, -0.15) is 0 Å². The number of amides is 1. The number of hydrogen-bond acceptors (Lipinski definition) is 3. The molecule has 0 bridgehead atoms. The molecular weight excluding hydrogens is 397 g/mol. The average molecular weight is 410 g/mol. The summed E-state index contributed by atoms with van der Waals surface area (Å²) in [7, 11) is 0. The van der Waals surface area contributed by atoms with Crippen molar-refractivity contribution in [3.8, 4) is 0 Å². The number of fused-ring (bicyclic) bond motifs is 3. The second-order valence-corrected chi connectivity index (χ2v) is 6.98. The minimum absolute atomic E-state index is 0.0701. The van der Waals surface area contributed by atoms with E-state index in [0.29, 0.717) is 21.2 Å². The summed E-state index contributed by atoms with van der Waals surface area (Å²) in [4.78, 5) is 24.5. The van der Waals surface area contributed by atoms with E-state index in [-0.39, 0.29) is 5.69 Å². The first-order valence-electron chi connectivity index (χ1n) is 8.41. The van der Waals surface area contributed by atoms with Crippen molar-refractivity contribution in [1.29, 1.82) is 0 Å². The zero-order chi connectivity index (χ0) is 19.7. The fourth-order valence-electron chi connectivity index (χ4n) is 2.94. The van der Waals surface area contributed by atoms with Crippen LogP contribution in [0.15, 0.2) is 76.0 Å². The Morgan fingerprint density at radius 2 is 1.79 bits per heavy atom. The van der Waals surface area contributed by atoms with Crippen LogP contribution in [0.3, 0.4) is 0 Å². The lowest BCUT2D eigenvalue weighted by atomic mass is 10.1. The van der Waals surface area contributed by atoms with Crippen molar-refractivity contribution < 1.29 is 9.21 Å². The number of anilines is 1. The standard InChI is InChI=1S/C22H13Cl2NO3/c23-15-8-5-14(18(24)11-15)7-10-21(26)25-19-12-17-16-4-2-1-3-13(16)6-9-20(17)28-22(19)27/h1-12H,(H,25,26). The van der Waals surface area contributed by atoms with E-state index in [4.69, 9.17) is 27.6 Å². The van der Waals surface area contributed by atoms with Crippen molar-refractivity contribution in [2.45, 2.75) is 0 Å². The van der Waals surface area contributed by atoms with Crippen LogP contribution in [0.2, 0.25) is 10.0 Å². The summed E-state index contributed by atoms with van der Waals surface area (Å²) in [6, 6.07) is 18.0. The molecule has 1 amide bonds. The van der Waals surface area contributed by atoms with E-state index < -0.39 is 11.5 Å². The number of rotatable bonds is 3. The highest BCUT2D eigenvalue weighted by molar-refractivity contribution is 6.35. The van der Waals surface area contributed by atoms with Gasteiger partial charge in [-0.15, -0.1) is 0 Å². The topological polar surface area (TPSA) is 59.3 Å². The van der Waals surface area contributed by atoms with Crippen LogP contribution < -0.4 is 10.9 Å². The summed E-state index contributed by atoms with van der Waals surface area (Å²) in [5.41, 5.74) is 0.553. The van der Waals surface area contributed by atoms with Crippen LogP contribution in [0.1, 0.15) is 5.56 Å². The molecule has 1 N–H and O–H groups in total. The molecule has 0 saturated carbocycles. The van der Waals surface area contributed by atoms with E-state index in [1.54, 1.807) is 36.4 Å². The molecular formula is C22H13Cl2NO3. The van der Waals surface area contributed by atoms with Crippen LogP contribution in [-0.2, 0) is 4.79 Å². The van der Waals surface area contributed by atoms with Crippen molar-refractivity contribution in [3.63, 3.8) is 0 Å². The smallest absolute Gasteiger partial charge is 0.360 e. The minimum atomic E-state index is -0.617. The van der Waals surface area contributed by atoms with Gasteiger partial charge in [-0.1, -0.05) is 59.6 Å². The number of nitrogens with one attached hydrogen (secondary N) is 1. The van der Waals surface area contributed by atoms with Gasteiger partial charge < -0.3 is 9.73 Å². The lowest BCUT2D eigenvalue weighted by Crippen LogP contribution is -2.15. The second kappa shape index (κ2) is 7.50. The normalized spacial score (nSPS) is 11.4. The van der Waals surface area contributed by atoms with Gasteiger partial charge in [0.2, 0.25) is 5.91 Å². The lowest BCUT2D eigenvalue weighted by Gasteiger charge is -2.06. The molecule has 0 spiro atoms. The molecule has 4 aromatic rings. The molecule has 28 heavy (non-hydrogen) atoms. The Morgan fingerprint density at radius 1 is 0.964 bits per heavy atom. The highest BCUT2D eigenvalue weighted by atomic mass is 35.5. The molecule has 0 fully saturated rings. The second-order valence-electron chi connectivity index (χ2n) is 6.13. The van der Waals surface area contributed by atoms with Gasteiger partial charge in [0, 0.05) is 21.5 Å². The fourth-order valence-corrected chi connectivity index (χ4v) is 3.41. The monoisotopic (exact) mass is 409 g/mol. The van der Waals surface area contributed by atoms with Crippen molar-refractivity contribution >= 4 is 62.6 Å². The summed E-state index contributed by atoms with van der Waals surface area (Å²) >= 11 is 11.9. The summed E-state index contributed by atoms with van der Waals surface area (Å²) in [5, 5.41) is 6.19. The van der Waals surface area contributed by atoms with Crippen LogP contribution in [0.4, 0.5) is 5.69 Å². The maximum absolute atomic E-state index is 12.3. The Bertz CT molecular complexity index is 1310. The number of halogens is 2. The minimum Gasteiger partial charge on any atom is -0.421 e. The molecule has 0 saturated heterocycles. The van der Waals surface area contributed by atoms with Crippen molar-refractivity contribution in [1.82, 2.24) is 0 Å². The van der Waals surface area contributed by atoms with Gasteiger partial charge in [-0.25, -0.2) is 4.79 Å². The lowest BCUT2D eigenvalue weighted by molar-refractivity contribution is -0.111. The highest BCUT2D eigenvalue weighted by Gasteiger charge is 2.10. The molecule has 1 aromatic heterocycles. The number of benzene rings is 3. The van der Waals surface area contributed by atoms with E-state index in [1.807, 2.05) is 30.3 Å². The van der Waals surface area contributed by atoms with E-state index in [1.165, 1.54) is 6.08 Å². The van der Waals surface area contributed by atoms with Crippen LogP contribution >= 0.6 is 23.2 Å². The van der Waals surface area contributed by atoms with Gasteiger partial charge in [0.05, 0.1) is 0 Å². The summed E-state index contributed by atoms with van der Waals surface area (Å²) in [6.45, 7) is 0. The van der Waals surface area contributed by atoms with Crippen LogP contribution in [0.25, 0.3) is 27.8 Å². The predicted molar refractivity (Wildman–Crippen MR) is 114 cm³/mol. The molecule has 4 rings (SSSR count). The molecule has 0 radical (unpaired) electrons. The van der Waals surface area contributed by atoms with Gasteiger partial charge in [0.25, 0.3) is 0 Å². The fraction of sp³-hybridized carbons (Fsp3) is 0. The summed E-state index contributed by atoms with van der Waals surface area (Å²) < 4.78 is 5.37. The number of carbonyl (C=O) groups is 1. The van der Waals surface area contributed by atoms with Crippen molar-refractivity contribution in [3.05, 3.63) is 92.8 Å². The molecule has 0 atom stereocenters. The summed E-state index contributed by atoms with van der Waals surface area (Å²) in [6.07, 6.45) is 2.84. The van der Waals surface area contributed by atoms with Crippen molar-refractivity contribution in [2.75, 3.05) is 5.32 Å². The molecule has 138 valence electrons. The molecule has 6 heteroatoms. The summed E-state index contributed by atoms with van der Waals surface area (Å²) in [5.74, 6) is -0.474. The molecule has 0 aliphatic carbocycles. The molecule has 4 nitrogen and oxygen atoms in total. The third-order valence-electron chi connectivity index (χ3n) is 4.28. The Labute approximate surface area is 170 Å². The van der Waals surface area contributed by atoms with E-state index >= 15 is 0 Å². The van der Waals surface area contributed by atoms with Crippen LogP contribution in [0.5, 0.6) is 0 Å². The molecule has 0 unspecified atom stereocenters. The quantitative estimate of drug-likeness (QED) is 0.260. The number of hydrogen-bond donors (Lipinski definition) is 1. The Hall–Kier alpha value is -3.08.